The van der Waals surface area contributed by atoms with Crippen LogP contribution in [0.3, 0.4) is 0 Å². The van der Waals surface area contributed by atoms with Crippen LogP contribution in [0.5, 0.6) is 0 Å². The van der Waals surface area contributed by atoms with Gasteiger partial charge in [0.1, 0.15) is 5.52 Å². The van der Waals surface area contributed by atoms with E-state index in [1.807, 2.05) is 38.6 Å². The molecule has 0 bridgehead atoms. The fourth-order valence-corrected chi connectivity index (χ4v) is 4.93. The molecule has 0 saturated carbocycles. The number of esters is 1. The average Bonchev–Trinajstić information content (AvgIpc) is 3.46. The number of pyridine rings is 1. The second kappa shape index (κ2) is 9.97. The Labute approximate surface area is 210 Å². The number of fused-ring (bicyclic) bond motifs is 3. The highest BCUT2D eigenvalue weighted by Crippen LogP contribution is 2.29. The van der Waals surface area contributed by atoms with Gasteiger partial charge in [-0.15, -0.1) is 0 Å². The molecule has 4 aromatic rings. The number of imidazole rings is 1. The molecule has 8 heteroatoms. The van der Waals surface area contributed by atoms with Crippen LogP contribution in [-0.4, -0.2) is 50.4 Å². The number of carbonyl (C=O) groups is 1. The number of hydrogen-bond donors (Lipinski definition) is 1. The van der Waals surface area contributed by atoms with Crippen molar-refractivity contribution in [3.05, 3.63) is 66.0 Å². The fourth-order valence-electron chi connectivity index (χ4n) is 4.93. The first kappa shape index (κ1) is 23.8. The highest BCUT2D eigenvalue weighted by Gasteiger charge is 2.24. The van der Waals surface area contributed by atoms with Gasteiger partial charge in [-0.1, -0.05) is 37.3 Å². The Bertz CT molecular complexity index is 1410. The summed E-state index contributed by atoms with van der Waals surface area (Å²) >= 11 is 0. The number of carbonyl (C=O) groups excluding carboxylic acids is 1. The number of hydrogen-bond acceptors (Lipinski definition) is 7. The van der Waals surface area contributed by atoms with Crippen molar-refractivity contribution in [2.75, 3.05) is 12.3 Å². The molecule has 3 heterocycles. The maximum Gasteiger partial charge on any atom is 0.338 e. The molecule has 8 nitrogen and oxygen atoms in total. The van der Waals surface area contributed by atoms with Crippen LogP contribution in [0, 0.1) is 5.92 Å². The number of nitrogens with two attached hydrogens (primary N) is 1. The minimum atomic E-state index is -0.367. The van der Waals surface area contributed by atoms with Crippen molar-refractivity contribution in [2.45, 2.75) is 52.4 Å². The van der Waals surface area contributed by atoms with Crippen LogP contribution >= 0.6 is 0 Å². The maximum absolute atomic E-state index is 12.4. The van der Waals surface area contributed by atoms with Crippen LogP contribution in [0.1, 0.15) is 43.1 Å². The lowest BCUT2D eigenvalue weighted by Gasteiger charge is -2.27. The van der Waals surface area contributed by atoms with E-state index < -0.39 is 0 Å². The predicted octanol–water partition coefficient (Wildman–Crippen LogP) is 4.67. The summed E-state index contributed by atoms with van der Waals surface area (Å²) in [5.41, 5.74) is 10.3. The third kappa shape index (κ3) is 4.89. The van der Waals surface area contributed by atoms with Crippen LogP contribution < -0.4 is 5.73 Å². The molecule has 0 fully saturated rings. The third-order valence-corrected chi connectivity index (χ3v) is 6.56. The number of nitrogens with zero attached hydrogens (tertiary/aromatic N) is 5. The van der Waals surface area contributed by atoms with E-state index in [-0.39, 0.29) is 12.1 Å². The number of rotatable bonds is 8. The molecule has 0 amide bonds. The largest absolute Gasteiger partial charge is 0.459 e. The first-order valence-electron chi connectivity index (χ1n) is 12.4. The van der Waals surface area contributed by atoms with Gasteiger partial charge in [0.05, 0.1) is 48.0 Å². The number of ether oxygens (including phenoxy) is 1. The molecule has 2 unspecified atom stereocenters. The number of aromatic nitrogens is 3. The van der Waals surface area contributed by atoms with E-state index in [0.717, 1.165) is 37.0 Å². The van der Waals surface area contributed by atoms with E-state index in [0.29, 0.717) is 34.4 Å². The summed E-state index contributed by atoms with van der Waals surface area (Å²) in [6.45, 7) is 8.40. The van der Waals surface area contributed by atoms with Crippen molar-refractivity contribution < 1.29 is 9.53 Å². The molecule has 2 N–H and O–H groups in total. The molecule has 1 aliphatic rings. The Morgan fingerprint density at radius 3 is 2.75 bits per heavy atom. The number of nitrogen functional groups attached to an aromatic ring is 1. The topological polar surface area (TPSA) is 98.6 Å². The average molecular weight is 485 g/mol. The van der Waals surface area contributed by atoms with Gasteiger partial charge in [-0.25, -0.2) is 14.8 Å². The van der Waals surface area contributed by atoms with Gasteiger partial charge in [0, 0.05) is 18.5 Å². The highest BCUT2D eigenvalue weighted by molar-refractivity contribution is 6.08. The predicted molar refractivity (Wildman–Crippen MR) is 143 cm³/mol. The van der Waals surface area contributed by atoms with Gasteiger partial charge in [0.25, 0.3) is 0 Å². The van der Waals surface area contributed by atoms with E-state index in [1.165, 1.54) is 5.56 Å². The Morgan fingerprint density at radius 2 is 1.97 bits per heavy atom. The summed E-state index contributed by atoms with van der Waals surface area (Å²) < 4.78 is 7.50. The molecule has 0 radical (unpaired) electrons. The standard InChI is InChI=1S/C28H32N6O2/c1-18(2)36-28(35)21-9-10-23-24(12-21)32-27(29)25-26(23)34(17-31-25)14-19(3)11-22-13-30-16-33(22)15-20-7-5-4-6-8-20/h4-10,12,16-19,22H,11,13-15H2,1-3H3,(H2,29,32). The molecule has 0 spiro atoms. The molecule has 2 atom stereocenters. The zero-order valence-corrected chi connectivity index (χ0v) is 21.0. The quantitative estimate of drug-likeness (QED) is 0.365. The molecule has 5 rings (SSSR count). The van der Waals surface area contributed by atoms with Gasteiger partial charge in [-0.05, 0) is 49.9 Å². The second-order valence-corrected chi connectivity index (χ2v) is 9.91. The zero-order chi connectivity index (χ0) is 25.2. The molecule has 1 aliphatic heterocycles. The van der Waals surface area contributed by atoms with Gasteiger partial charge in [-0.3, -0.25) is 4.99 Å². The van der Waals surface area contributed by atoms with Gasteiger partial charge in [0.15, 0.2) is 5.82 Å². The summed E-state index contributed by atoms with van der Waals surface area (Å²) in [7, 11) is 0. The molecule has 36 heavy (non-hydrogen) atoms. The van der Waals surface area contributed by atoms with E-state index in [2.05, 4.69) is 55.6 Å². The first-order valence-corrected chi connectivity index (χ1v) is 12.4. The van der Waals surface area contributed by atoms with Gasteiger partial charge >= 0.3 is 5.97 Å². The van der Waals surface area contributed by atoms with Crippen molar-refractivity contribution in [1.82, 2.24) is 19.4 Å². The molecule has 2 aromatic carbocycles. The summed E-state index contributed by atoms with van der Waals surface area (Å²) in [4.78, 5) is 28.4. The SMILES string of the molecule is CC(CC1CN=CN1Cc1ccccc1)Cn1cnc2c(N)nc3cc(C(=O)OC(C)C)ccc3c21. The van der Waals surface area contributed by atoms with Crippen molar-refractivity contribution >= 4 is 40.1 Å². The maximum atomic E-state index is 12.4. The minimum Gasteiger partial charge on any atom is -0.459 e. The van der Waals surface area contributed by atoms with Crippen molar-refractivity contribution in [2.24, 2.45) is 10.9 Å². The monoisotopic (exact) mass is 484 g/mol. The van der Waals surface area contributed by atoms with Crippen LogP contribution in [0.4, 0.5) is 5.82 Å². The van der Waals surface area contributed by atoms with Crippen molar-refractivity contribution in [3.63, 3.8) is 0 Å². The lowest BCUT2D eigenvalue weighted by molar-refractivity contribution is 0.0378. The lowest BCUT2D eigenvalue weighted by Crippen LogP contribution is -2.33. The Balaban J connectivity index is 1.36. The molecule has 2 aromatic heterocycles. The minimum absolute atomic E-state index is 0.189. The molecular formula is C28H32N6O2. The van der Waals surface area contributed by atoms with E-state index in [4.69, 9.17) is 10.5 Å². The number of anilines is 1. The lowest BCUT2D eigenvalue weighted by atomic mass is 10.0. The number of aliphatic imine (C=N–C) groups is 1. The van der Waals surface area contributed by atoms with Gasteiger partial charge in [0.2, 0.25) is 0 Å². The summed E-state index contributed by atoms with van der Waals surface area (Å²) in [6, 6.07) is 16.3. The Hall–Kier alpha value is -3.94. The third-order valence-electron chi connectivity index (χ3n) is 6.56. The van der Waals surface area contributed by atoms with Crippen LogP contribution in [0.2, 0.25) is 0 Å². The molecule has 186 valence electrons. The summed E-state index contributed by atoms with van der Waals surface area (Å²) in [6.07, 6.45) is 4.65. The smallest absolute Gasteiger partial charge is 0.338 e. The fraction of sp³-hybridized carbons (Fsp3) is 0.357. The van der Waals surface area contributed by atoms with Crippen molar-refractivity contribution in [3.8, 4) is 0 Å². The summed E-state index contributed by atoms with van der Waals surface area (Å²) in [5.74, 6) is 0.377. The van der Waals surface area contributed by atoms with Crippen LogP contribution in [-0.2, 0) is 17.8 Å². The summed E-state index contributed by atoms with van der Waals surface area (Å²) in [5, 5.41) is 0.917. The van der Waals surface area contributed by atoms with Crippen LogP contribution in [0.25, 0.3) is 21.9 Å². The normalized spacial score (nSPS) is 16.3. The second-order valence-electron chi connectivity index (χ2n) is 9.91. The Kier molecular flexibility index (Phi) is 6.59. The van der Waals surface area contributed by atoms with E-state index in [1.54, 1.807) is 12.1 Å². The van der Waals surface area contributed by atoms with Gasteiger partial charge in [-0.2, -0.15) is 0 Å². The Morgan fingerprint density at radius 1 is 1.17 bits per heavy atom. The molecular weight excluding hydrogens is 452 g/mol. The van der Waals surface area contributed by atoms with E-state index in [9.17, 15) is 4.79 Å². The zero-order valence-electron chi connectivity index (χ0n) is 21.0. The highest BCUT2D eigenvalue weighted by atomic mass is 16.5. The van der Waals surface area contributed by atoms with E-state index >= 15 is 0 Å². The first-order chi connectivity index (χ1) is 17.4. The van der Waals surface area contributed by atoms with Gasteiger partial charge < -0.3 is 19.9 Å². The van der Waals surface area contributed by atoms with Crippen molar-refractivity contribution in [1.29, 1.82) is 0 Å². The number of benzene rings is 2. The van der Waals surface area contributed by atoms with Crippen LogP contribution in [0.15, 0.2) is 59.9 Å². The molecule has 0 aliphatic carbocycles. The molecule has 0 saturated heterocycles.